The smallest absolute Gasteiger partial charge is 0.219 e. The first kappa shape index (κ1) is 18.7. The molecule has 0 radical (unpaired) electrons. The monoisotopic (exact) mass is 375 g/mol. The molecule has 1 aliphatic carbocycles. The van der Waals surface area contributed by atoms with Crippen molar-refractivity contribution in [1.29, 1.82) is 0 Å². The SMILES string of the molecule is CC(=O)N(Cc1ccc2nc(-c3ccc(C)cc3)cn2c1)CC1CCCCC1. The highest BCUT2D eigenvalue weighted by atomic mass is 16.2. The number of carbonyl (C=O) groups is 1. The molecule has 28 heavy (non-hydrogen) atoms. The summed E-state index contributed by atoms with van der Waals surface area (Å²) in [6, 6.07) is 12.6. The molecule has 0 atom stereocenters. The number of nitrogens with zero attached hydrogens (tertiary/aromatic N) is 3. The fourth-order valence-corrected chi connectivity index (χ4v) is 4.20. The van der Waals surface area contributed by atoms with Gasteiger partial charge in [-0.15, -0.1) is 0 Å². The lowest BCUT2D eigenvalue weighted by atomic mass is 9.89. The predicted octanol–water partition coefficient (Wildman–Crippen LogP) is 5.24. The highest BCUT2D eigenvalue weighted by molar-refractivity contribution is 5.73. The van der Waals surface area contributed by atoms with Crippen molar-refractivity contribution in [3.05, 3.63) is 59.9 Å². The lowest BCUT2D eigenvalue weighted by Gasteiger charge is -2.29. The van der Waals surface area contributed by atoms with Crippen LogP contribution >= 0.6 is 0 Å². The molecular weight excluding hydrogens is 346 g/mol. The van der Waals surface area contributed by atoms with E-state index in [1.807, 2.05) is 11.0 Å². The average Bonchev–Trinajstić information content (AvgIpc) is 3.12. The summed E-state index contributed by atoms with van der Waals surface area (Å²) in [5.74, 6) is 0.819. The van der Waals surface area contributed by atoms with Gasteiger partial charge in [0.05, 0.1) is 5.69 Å². The maximum absolute atomic E-state index is 12.2. The second-order valence-corrected chi connectivity index (χ2v) is 8.20. The standard InChI is InChI=1S/C24H29N3O/c1-18-8-11-22(12-9-18)23-17-27-16-21(10-13-24(27)25-23)15-26(19(2)28)14-20-6-4-3-5-7-20/h8-13,16-17,20H,3-7,14-15H2,1-2H3. The van der Waals surface area contributed by atoms with Gasteiger partial charge < -0.3 is 9.30 Å². The number of pyridine rings is 1. The number of benzene rings is 1. The van der Waals surface area contributed by atoms with Gasteiger partial charge in [0.25, 0.3) is 0 Å². The zero-order valence-corrected chi connectivity index (χ0v) is 16.9. The summed E-state index contributed by atoms with van der Waals surface area (Å²) in [5.41, 5.74) is 5.42. The maximum Gasteiger partial charge on any atom is 0.219 e. The van der Waals surface area contributed by atoms with Gasteiger partial charge in [0.15, 0.2) is 0 Å². The first-order valence-corrected chi connectivity index (χ1v) is 10.4. The van der Waals surface area contributed by atoms with E-state index < -0.39 is 0 Å². The van der Waals surface area contributed by atoms with Crippen LogP contribution in [0.5, 0.6) is 0 Å². The molecule has 2 aromatic heterocycles. The number of aryl methyl sites for hydroxylation is 1. The summed E-state index contributed by atoms with van der Waals surface area (Å²) in [7, 11) is 0. The molecule has 1 saturated carbocycles. The molecule has 0 spiro atoms. The Kier molecular flexibility index (Phi) is 5.47. The van der Waals surface area contributed by atoms with Crippen LogP contribution in [0.3, 0.4) is 0 Å². The molecule has 146 valence electrons. The van der Waals surface area contributed by atoms with Crippen molar-refractivity contribution in [1.82, 2.24) is 14.3 Å². The molecule has 3 aromatic rings. The lowest BCUT2D eigenvalue weighted by Crippen LogP contribution is -2.34. The van der Waals surface area contributed by atoms with Gasteiger partial charge in [-0.1, -0.05) is 55.2 Å². The summed E-state index contributed by atoms with van der Waals surface area (Å²) < 4.78 is 2.07. The number of carbonyl (C=O) groups excluding carboxylic acids is 1. The topological polar surface area (TPSA) is 37.6 Å². The second-order valence-electron chi connectivity index (χ2n) is 8.20. The molecule has 1 fully saturated rings. The van der Waals surface area contributed by atoms with Gasteiger partial charge in [0, 0.05) is 38.0 Å². The lowest BCUT2D eigenvalue weighted by molar-refractivity contribution is -0.130. The van der Waals surface area contributed by atoms with Crippen molar-refractivity contribution in [2.45, 2.75) is 52.5 Å². The van der Waals surface area contributed by atoms with Gasteiger partial charge in [-0.2, -0.15) is 0 Å². The van der Waals surface area contributed by atoms with Crippen molar-refractivity contribution in [3.8, 4) is 11.3 Å². The van der Waals surface area contributed by atoms with E-state index in [0.717, 1.165) is 29.0 Å². The van der Waals surface area contributed by atoms with E-state index in [2.05, 4.69) is 54.0 Å². The third kappa shape index (κ3) is 4.27. The molecule has 0 N–H and O–H groups in total. The highest BCUT2D eigenvalue weighted by Crippen LogP contribution is 2.25. The zero-order valence-electron chi connectivity index (χ0n) is 16.9. The van der Waals surface area contributed by atoms with Crippen LogP contribution in [0.25, 0.3) is 16.9 Å². The third-order valence-electron chi connectivity index (χ3n) is 5.88. The Morgan fingerprint density at radius 1 is 1.07 bits per heavy atom. The van der Waals surface area contributed by atoms with Gasteiger partial charge in [0.2, 0.25) is 5.91 Å². The molecule has 0 saturated heterocycles. The summed E-state index contributed by atoms with van der Waals surface area (Å²) in [5, 5.41) is 0. The molecule has 2 heterocycles. The highest BCUT2D eigenvalue weighted by Gasteiger charge is 2.19. The zero-order chi connectivity index (χ0) is 19.5. The minimum atomic E-state index is 0.164. The number of imidazole rings is 1. The van der Waals surface area contributed by atoms with Gasteiger partial charge >= 0.3 is 0 Å². The number of aromatic nitrogens is 2. The summed E-state index contributed by atoms with van der Waals surface area (Å²) in [4.78, 5) is 19.0. The van der Waals surface area contributed by atoms with Crippen molar-refractivity contribution in [2.75, 3.05) is 6.54 Å². The van der Waals surface area contributed by atoms with E-state index in [-0.39, 0.29) is 5.91 Å². The first-order chi connectivity index (χ1) is 13.6. The van der Waals surface area contributed by atoms with Crippen LogP contribution in [-0.4, -0.2) is 26.7 Å². The predicted molar refractivity (Wildman–Crippen MR) is 113 cm³/mol. The normalized spacial score (nSPS) is 15.1. The molecule has 4 heteroatoms. The molecule has 1 aliphatic rings. The second kappa shape index (κ2) is 8.17. The van der Waals surface area contributed by atoms with E-state index in [1.165, 1.54) is 37.7 Å². The number of hydrogen-bond acceptors (Lipinski definition) is 2. The number of amides is 1. The Hall–Kier alpha value is -2.62. The maximum atomic E-state index is 12.2. The molecule has 1 aromatic carbocycles. The van der Waals surface area contributed by atoms with E-state index in [1.54, 1.807) is 6.92 Å². The van der Waals surface area contributed by atoms with E-state index in [4.69, 9.17) is 4.98 Å². The van der Waals surface area contributed by atoms with Crippen LogP contribution < -0.4 is 0 Å². The fraction of sp³-hybridized carbons (Fsp3) is 0.417. The molecule has 1 amide bonds. The van der Waals surface area contributed by atoms with Crippen LogP contribution in [0, 0.1) is 12.8 Å². The van der Waals surface area contributed by atoms with E-state index >= 15 is 0 Å². The summed E-state index contributed by atoms with van der Waals surface area (Å²) in [6.07, 6.45) is 10.6. The van der Waals surface area contributed by atoms with Gasteiger partial charge in [-0.3, -0.25) is 4.79 Å². The Labute approximate surface area is 167 Å². The third-order valence-corrected chi connectivity index (χ3v) is 5.88. The van der Waals surface area contributed by atoms with E-state index in [9.17, 15) is 4.79 Å². The quantitative estimate of drug-likeness (QED) is 0.612. The van der Waals surface area contributed by atoms with Gasteiger partial charge in [-0.05, 0) is 37.3 Å². The van der Waals surface area contributed by atoms with E-state index in [0.29, 0.717) is 12.5 Å². The Bertz CT molecular complexity index is 952. The summed E-state index contributed by atoms with van der Waals surface area (Å²) >= 11 is 0. The van der Waals surface area contributed by atoms with Crippen LogP contribution in [-0.2, 0) is 11.3 Å². The fourth-order valence-electron chi connectivity index (χ4n) is 4.20. The van der Waals surface area contributed by atoms with Crippen LogP contribution in [0.4, 0.5) is 0 Å². The number of fused-ring (bicyclic) bond motifs is 1. The molecule has 0 aliphatic heterocycles. The first-order valence-electron chi connectivity index (χ1n) is 10.4. The molecular formula is C24H29N3O. The van der Waals surface area contributed by atoms with Gasteiger partial charge in [-0.25, -0.2) is 4.98 Å². The number of hydrogen-bond donors (Lipinski definition) is 0. The van der Waals surface area contributed by atoms with Crippen LogP contribution in [0.1, 0.15) is 50.2 Å². The Morgan fingerprint density at radius 3 is 2.54 bits per heavy atom. The van der Waals surface area contributed by atoms with Gasteiger partial charge in [0.1, 0.15) is 5.65 Å². The summed E-state index contributed by atoms with van der Waals surface area (Å²) in [6.45, 7) is 5.33. The Balaban J connectivity index is 1.52. The molecule has 4 rings (SSSR count). The van der Waals surface area contributed by atoms with Crippen molar-refractivity contribution in [3.63, 3.8) is 0 Å². The average molecular weight is 376 g/mol. The molecule has 0 unspecified atom stereocenters. The minimum absolute atomic E-state index is 0.164. The van der Waals surface area contributed by atoms with Crippen LogP contribution in [0.2, 0.25) is 0 Å². The van der Waals surface area contributed by atoms with Crippen LogP contribution in [0.15, 0.2) is 48.8 Å². The largest absolute Gasteiger partial charge is 0.338 e. The Morgan fingerprint density at radius 2 is 1.82 bits per heavy atom. The van der Waals surface area contributed by atoms with Crippen molar-refractivity contribution < 1.29 is 4.79 Å². The number of rotatable bonds is 5. The molecule has 0 bridgehead atoms. The molecule has 4 nitrogen and oxygen atoms in total. The van der Waals surface area contributed by atoms with Crippen molar-refractivity contribution >= 4 is 11.6 Å². The van der Waals surface area contributed by atoms with Crippen molar-refractivity contribution in [2.24, 2.45) is 5.92 Å². The minimum Gasteiger partial charge on any atom is -0.338 e.